The summed E-state index contributed by atoms with van der Waals surface area (Å²) in [6.07, 6.45) is 12.2. The molecule has 0 radical (unpaired) electrons. The molecule has 1 saturated carbocycles. The molecule has 1 amide bonds. The molecule has 0 atom stereocenters. The number of carbonyl (C=O) groups is 1. The van der Waals surface area contributed by atoms with Crippen molar-refractivity contribution in [3.63, 3.8) is 0 Å². The summed E-state index contributed by atoms with van der Waals surface area (Å²) < 4.78 is 0. The Morgan fingerprint density at radius 1 is 1.12 bits per heavy atom. The largest absolute Gasteiger partial charge is 0.352 e. The van der Waals surface area contributed by atoms with E-state index in [-0.39, 0.29) is 11.8 Å². The number of hydrogen-bond donors (Lipinski definition) is 2. The van der Waals surface area contributed by atoms with Gasteiger partial charge in [0.1, 0.15) is 0 Å². The van der Waals surface area contributed by atoms with E-state index in [4.69, 9.17) is 5.73 Å². The highest BCUT2D eigenvalue weighted by Crippen LogP contribution is 2.22. The summed E-state index contributed by atoms with van der Waals surface area (Å²) in [6.45, 7) is 1.16. The molecule has 0 aromatic carbocycles. The van der Waals surface area contributed by atoms with E-state index in [1.807, 2.05) is 12.2 Å². The summed E-state index contributed by atoms with van der Waals surface area (Å²) in [4.78, 5) is 11.9. The molecule has 1 aliphatic rings. The van der Waals surface area contributed by atoms with Crippen LogP contribution in [-0.4, -0.2) is 19.0 Å². The predicted octanol–water partition coefficient (Wildman–Crippen LogP) is 1.98. The Morgan fingerprint density at radius 3 is 2.38 bits per heavy atom. The molecule has 1 fully saturated rings. The Morgan fingerprint density at radius 2 is 1.75 bits per heavy atom. The lowest BCUT2D eigenvalue weighted by atomic mass is 9.90. The van der Waals surface area contributed by atoms with E-state index in [1.54, 1.807) is 0 Å². The van der Waals surface area contributed by atoms with E-state index in [0.717, 1.165) is 12.8 Å². The molecule has 0 aliphatic heterocycles. The fourth-order valence-electron chi connectivity index (χ4n) is 2.20. The quantitative estimate of drug-likeness (QED) is 0.717. The van der Waals surface area contributed by atoms with Crippen LogP contribution < -0.4 is 11.1 Å². The standard InChI is InChI=1S/C13H24N2O/c14-10-6-7-11-15-13(16)12-8-4-2-1-3-5-9-12/h6-7,12H,1-5,8-11,14H2,(H,15,16)/b7-6+. The van der Waals surface area contributed by atoms with Crippen LogP contribution in [0.4, 0.5) is 0 Å². The Hall–Kier alpha value is -0.830. The third kappa shape index (κ3) is 5.31. The molecule has 16 heavy (non-hydrogen) atoms. The summed E-state index contributed by atoms with van der Waals surface area (Å²) in [5.41, 5.74) is 5.33. The summed E-state index contributed by atoms with van der Waals surface area (Å²) in [7, 11) is 0. The van der Waals surface area contributed by atoms with Crippen molar-refractivity contribution < 1.29 is 4.79 Å². The lowest BCUT2D eigenvalue weighted by Gasteiger charge is -2.18. The van der Waals surface area contributed by atoms with Gasteiger partial charge in [0, 0.05) is 19.0 Å². The van der Waals surface area contributed by atoms with Gasteiger partial charge in [0.15, 0.2) is 0 Å². The van der Waals surface area contributed by atoms with E-state index in [0.29, 0.717) is 13.1 Å². The Kier molecular flexibility index (Phi) is 6.90. The molecule has 3 nitrogen and oxygen atoms in total. The molecule has 92 valence electrons. The van der Waals surface area contributed by atoms with Crippen molar-refractivity contribution in [1.29, 1.82) is 0 Å². The fraction of sp³-hybridized carbons (Fsp3) is 0.769. The van der Waals surface area contributed by atoms with Crippen LogP contribution in [0.3, 0.4) is 0 Å². The van der Waals surface area contributed by atoms with Gasteiger partial charge in [-0.15, -0.1) is 0 Å². The molecule has 0 bridgehead atoms. The molecular weight excluding hydrogens is 200 g/mol. The van der Waals surface area contributed by atoms with Crippen LogP contribution in [0.5, 0.6) is 0 Å². The first-order valence-corrected chi connectivity index (χ1v) is 6.47. The van der Waals surface area contributed by atoms with Crippen LogP contribution in [0.1, 0.15) is 44.9 Å². The van der Waals surface area contributed by atoms with Crippen molar-refractivity contribution in [3.05, 3.63) is 12.2 Å². The Labute approximate surface area is 98.5 Å². The zero-order chi connectivity index (χ0) is 11.6. The zero-order valence-corrected chi connectivity index (χ0v) is 10.1. The Balaban J connectivity index is 2.24. The first kappa shape index (κ1) is 13.2. The van der Waals surface area contributed by atoms with Crippen LogP contribution in [0.25, 0.3) is 0 Å². The normalized spacial score (nSPS) is 19.3. The highest BCUT2D eigenvalue weighted by Gasteiger charge is 2.18. The third-order valence-electron chi connectivity index (χ3n) is 3.17. The molecule has 3 heteroatoms. The van der Waals surface area contributed by atoms with E-state index >= 15 is 0 Å². The van der Waals surface area contributed by atoms with Crippen LogP contribution >= 0.6 is 0 Å². The summed E-state index contributed by atoms with van der Waals surface area (Å²) in [6, 6.07) is 0. The molecular formula is C13H24N2O. The molecule has 1 aliphatic carbocycles. The first-order chi connectivity index (χ1) is 7.84. The molecule has 0 aromatic heterocycles. The SMILES string of the molecule is NC/C=C/CNC(=O)C1CCCCCCC1. The van der Waals surface area contributed by atoms with Crippen molar-refractivity contribution in [2.75, 3.05) is 13.1 Å². The second-order valence-electron chi connectivity index (χ2n) is 4.49. The van der Waals surface area contributed by atoms with Crippen molar-refractivity contribution in [2.24, 2.45) is 11.7 Å². The topological polar surface area (TPSA) is 55.1 Å². The number of nitrogens with one attached hydrogen (secondary N) is 1. The number of nitrogens with two attached hydrogens (primary N) is 1. The summed E-state index contributed by atoms with van der Waals surface area (Å²) >= 11 is 0. The van der Waals surface area contributed by atoms with E-state index in [1.165, 1.54) is 32.1 Å². The highest BCUT2D eigenvalue weighted by molar-refractivity contribution is 5.78. The van der Waals surface area contributed by atoms with Crippen LogP contribution in [-0.2, 0) is 4.79 Å². The van der Waals surface area contributed by atoms with Gasteiger partial charge in [-0.3, -0.25) is 4.79 Å². The van der Waals surface area contributed by atoms with Crippen molar-refractivity contribution in [3.8, 4) is 0 Å². The maximum absolute atomic E-state index is 11.9. The monoisotopic (exact) mass is 224 g/mol. The predicted molar refractivity (Wildman–Crippen MR) is 67.0 cm³/mol. The van der Waals surface area contributed by atoms with Gasteiger partial charge in [-0.05, 0) is 12.8 Å². The van der Waals surface area contributed by atoms with E-state index in [2.05, 4.69) is 5.32 Å². The third-order valence-corrected chi connectivity index (χ3v) is 3.17. The average molecular weight is 224 g/mol. The van der Waals surface area contributed by atoms with Gasteiger partial charge in [0.05, 0.1) is 0 Å². The lowest BCUT2D eigenvalue weighted by Crippen LogP contribution is -2.31. The average Bonchev–Trinajstić information content (AvgIpc) is 2.23. The van der Waals surface area contributed by atoms with Crippen LogP contribution in [0.15, 0.2) is 12.2 Å². The molecule has 0 spiro atoms. The summed E-state index contributed by atoms with van der Waals surface area (Å²) in [5.74, 6) is 0.468. The first-order valence-electron chi connectivity index (χ1n) is 6.47. The number of hydrogen-bond acceptors (Lipinski definition) is 2. The van der Waals surface area contributed by atoms with Gasteiger partial charge in [-0.2, -0.15) is 0 Å². The minimum Gasteiger partial charge on any atom is -0.352 e. The van der Waals surface area contributed by atoms with Gasteiger partial charge in [-0.1, -0.05) is 44.3 Å². The molecule has 0 heterocycles. The summed E-state index contributed by atoms with van der Waals surface area (Å²) in [5, 5.41) is 2.95. The molecule has 3 N–H and O–H groups in total. The fourth-order valence-corrected chi connectivity index (χ4v) is 2.20. The van der Waals surface area contributed by atoms with Gasteiger partial charge >= 0.3 is 0 Å². The van der Waals surface area contributed by atoms with Crippen molar-refractivity contribution >= 4 is 5.91 Å². The number of carbonyl (C=O) groups excluding carboxylic acids is 1. The zero-order valence-electron chi connectivity index (χ0n) is 10.1. The molecule has 0 saturated heterocycles. The van der Waals surface area contributed by atoms with Gasteiger partial charge in [0.2, 0.25) is 5.91 Å². The number of amides is 1. The second-order valence-corrected chi connectivity index (χ2v) is 4.49. The van der Waals surface area contributed by atoms with E-state index in [9.17, 15) is 4.79 Å². The molecule has 1 rings (SSSR count). The van der Waals surface area contributed by atoms with E-state index < -0.39 is 0 Å². The van der Waals surface area contributed by atoms with Gasteiger partial charge in [-0.25, -0.2) is 0 Å². The van der Waals surface area contributed by atoms with Gasteiger partial charge in [0.25, 0.3) is 0 Å². The smallest absolute Gasteiger partial charge is 0.223 e. The minimum atomic E-state index is 0.226. The number of rotatable bonds is 4. The van der Waals surface area contributed by atoms with Crippen LogP contribution in [0, 0.1) is 5.92 Å². The lowest BCUT2D eigenvalue weighted by molar-refractivity contribution is -0.125. The molecule has 0 aromatic rings. The molecule has 0 unspecified atom stereocenters. The van der Waals surface area contributed by atoms with Crippen molar-refractivity contribution in [1.82, 2.24) is 5.32 Å². The highest BCUT2D eigenvalue weighted by atomic mass is 16.1. The van der Waals surface area contributed by atoms with Gasteiger partial charge < -0.3 is 11.1 Å². The minimum absolute atomic E-state index is 0.226. The van der Waals surface area contributed by atoms with Crippen molar-refractivity contribution in [2.45, 2.75) is 44.9 Å². The van der Waals surface area contributed by atoms with Crippen LogP contribution in [0.2, 0.25) is 0 Å². The maximum atomic E-state index is 11.9. The Bertz CT molecular complexity index is 218. The maximum Gasteiger partial charge on any atom is 0.223 e. The second kappa shape index (κ2) is 8.34.